The highest BCUT2D eigenvalue weighted by Gasteiger charge is 2.79. The van der Waals surface area contributed by atoms with Gasteiger partial charge in [0.15, 0.2) is 0 Å². The molecule has 0 aliphatic carbocycles. The third-order valence-corrected chi connectivity index (χ3v) is 2.39. The molecule has 0 radical (unpaired) electrons. The Labute approximate surface area is 83.3 Å². The Kier molecular flexibility index (Phi) is 3.53. The van der Waals surface area contributed by atoms with E-state index in [4.69, 9.17) is 0 Å². The highest BCUT2D eigenvalue weighted by molar-refractivity contribution is 7.90. The molecular weight excluding hydrogens is 278 g/mol. The lowest BCUT2D eigenvalue weighted by atomic mass is 10.2. The molecule has 0 atom stereocenters. The van der Waals surface area contributed by atoms with Gasteiger partial charge in [0.2, 0.25) is 0 Å². The molecule has 0 heterocycles. The van der Waals surface area contributed by atoms with E-state index in [9.17, 15) is 43.5 Å². The van der Waals surface area contributed by atoms with Gasteiger partial charge in [-0.25, -0.2) is 22.3 Å². The number of hydrogen-bond donors (Lipinski definition) is 1. The highest BCUT2D eigenvalue weighted by Crippen LogP contribution is 2.49. The maximum atomic E-state index is 12.3. The van der Waals surface area contributed by atoms with E-state index in [1.807, 2.05) is 0 Å². The molecule has 12 heteroatoms. The molecule has 0 fully saturated rings. The largest absolute Gasteiger partial charge is 0.426 e. The number of primary sulfonamides is 1. The highest BCUT2D eigenvalue weighted by atomic mass is 32.2. The van der Waals surface area contributed by atoms with Crippen molar-refractivity contribution in [3.8, 4) is 0 Å². The van der Waals surface area contributed by atoms with E-state index in [-0.39, 0.29) is 0 Å². The lowest BCUT2D eigenvalue weighted by Crippen LogP contribution is -2.61. The molecule has 0 rings (SSSR count). The fourth-order valence-electron chi connectivity index (χ4n) is 0.510. The molecule has 3 nitrogen and oxygen atoms in total. The second-order valence-corrected chi connectivity index (χ2v) is 4.16. The fourth-order valence-corrected chi connectivity index (χ4v) is 1.00. The number of halogens is 8. The Bertz CT molecular complexity index is 362. The minimum absolute atomic E-state index is 3.56. The van der Waals surface area contributed by atoms with Gasteiger partial charge in [0.25, 0.3) is 10.0 Å². The molecule has 2 N–H and O–H groups in total. The van der Waals surface area contributed by atoms with Crippen LogP contribution in [0.15, 0.2) is 0 Å². The second-order valence-electron chi connectivity index (χ2n) is 2.56. The molecule has 0 aromatic carbocycles. The Morgan fingerprint density at radius 2 is 1.25 bits per heavy atom. The number of sulfonamides is 1. The summed E-state index contributed by atoms with van der Waals surface area (Å²) in [4.78, 5) is 0. The van der Waals surface area contributed by atoms with E-state index in [1.165, 1.54) is 0 Å². The van der Waals surface area contributed by atoms with E-state index >= 15 is 0 Å². The van der Waals surface area contributed by atoms with E-state index in [2.05, 4.69) is 5.14 Å². The molecule has 0 saturated heterocycles. The summed E-state index contributed by atoms with van der Waals surface area (Å²) in [6, 6.07) is 0. The van der Waals surface area contributed by atoms with E-state index in [0.717, 1.165) is 0 Å². The minimum atomic E-state index is -6.83. The maximum Gasteiger partial charge on any atom is 0.426 e. The lowest BCUT2D eigenvalue weighted by Gasteiger charge is -2.30. The van der Waals surface area contributed by atoms with Crippen molar-refractivity contribution >= 4 is 10.0 Å². The summed E-state index contributed by atoms with van der Waals surface area (Å²) in [7, 11) is -6.47. The van der Waals surface area contributed by atoms with Crippen molar-refractivity contribution in [2.45, 2.75) is 23.5 Å². The van der Waals surface area contributed by atoms with Crippen LogP contribution in [0.2, 0.25) is 0 Å². The SMILES string of the molecule is NS(=O)(=O)C(F)(F)C(F)(F)C(F)(F)C(F)F. The van der Waals surface area contributed by atoms with Crippen LogP contribution in [0.5, 0.6) is 0 Å². The van der Waals surface area contributed by atoms with Crippen LogP contribution in [0.4, 0.5) is 35.1 Å². The first-order valence-corrected chi connectivity index (χ1v) is 4.68. The second kappa shape index (κ2) is 3.68. The van der Waals surface area contributed by atoms with Gasteiger partial charge >= 0.3 is 23.5 Å². The maximum absolute atomic E-state index is 12.3. The summed E-state index contributed by atoms with van der Waals surface area (Å²) < 4.78 is 116. The van der Waals surface area contributed by atoms with Gasteiger partial charge in [0.1, 0.15) is 0 Å². The van der Waals surface area contributed by atoms with E-state index in [0.29, 0.717) is 0 Å². The molecular formula is C4H3F8NO2S. The van der Waals surface area contributed by atoms with Crippen LogP contribution in [0.25, 0.3) is 0 Å². The first-order chi connectivity index (χ1) is 6.69. The average molecular weight is 281 g/mol. The first kappa shape index (κ1) is 15.3. The molecule has 0 aliphatic rings. The number of rotatable bonds is 4. The Balaban J connectivity index is 5.72. The summed E-state index contributed by atoms with van der Waals surface area (Å²) in [5.41, 5.74) is 0. The normalized spacial score (nSPS) is 15.6. The van der Waals surface area contributed by atoms with Crippen molar-refractivity contribution in [3.63, 3.8) is 0 Å². The van der Waals surface area contributed by atoms with Crippen LogP contribution in [0.1, 0.15) is 0 Å². The van der Waals surface area contributed by atoms with Crippen LogP contribution in [0.3, 0.4) is 0 Å². The first-order valence-electron chi connectivity index (χ1n) is 3.13. The van der Waals surface area contributed by atoms with Gasteiger partial charge in [-0.1, -0.05) is 0 Å². The van der Waals surface area contributed by atoms with Crippen LogP contribution in [-0.2, 0) is 10.0 Å². The number of hydrogen-bond acceptors (Lipinski definition) is 2. The summed E-state index contributed by atoms with van der Waals surface area (Å²) >= 11 is 0. The van der Waals surface area contributed by atoms with Gasteiger partial charge in [0, 0.05) is 0 Å². The number of nitrogens with two attached hydrogens (primary N) is 1. The van der Waals surface area contributed by atoms with Gasteiger partial charge in [-0.2, -0.15) is 26.3 Å². The van der Waals surface area contributed by atoms with E-state index < -0.39 is 33.5 Å². The van der Waals surface area contributed by atoms with Crippen LogP contribution in [-0.4, -0.2) is 31.9 Å². The molecule has 0 aromatic rings. The summed E-state index contributed by atoms with van der Waals surface area (Å²) in [5.74, 6) is -13.4. The molecule has 0 spiro atoms. The molecule has 0 amide bonds. The van der Waals surface area contributed by atoms with E-state index in [1.54, 1.807) is 0 Å². The Morgan fingerprint density at radius 3 is 1.44 bits per heavy atom. The topological polar surface area (TPSA) is 60.2 Å². The molecule has 16 heavy (non-hydrogen) atoms. The third kappa shape index (κ3) is 1.95. The molecule has 0 unspecified atom stereocenters. The lowest BCUT2D eigenvalue weighted by molar-refractivity contribution is -0.314. The predicted molar refractivity (Wildman–Crippen MR) is 34.0 cm³/mol. The van der Waals surface area contributed by atoms with Crippen molar-refractivity contribution in [1.29, 1.82) is 0 Å². The van der Waals surface area contributed by atoms with Gasteiger partial charge in [0.05, 0.1) is 0 Å². The summed E-state index contributed by atoms with van der Waals surface area (Å²) in [6.07, 6.45) is -5.19. The summed E-state index contributed by atoms with van der Waals surface area (Å²) in [6.45, 7) is 0. The average Bonchev–Trinajstić information content (AvgIpc) is 2.00. The van der Waals surface area contributed by atoms with Crippen molar-refractivity contribution in [3.05, 3.63) is 0 Å². The van der Waals surface area contributed by atoms with Crippen LogP contribution < -0.4 is 5.14 Å². The number of alkyl halides is 8. The van der Waals surface area contributed by atoms with Crippen molar-refractivity contribution < 1.29 is 43.5 Å². The molecule has 0 saturated carbocycles. The zero-order chi connectivity index (χ0) is 13.6. The molecule has 0 aliphatic heterocycles. The zero-order valence-corrected chi connectivity index (χ0v) is 7.72. The third-order valence-electron chi connectivity index (χ3n) is 1.42. The Hall–Kier alpha value is -0.650. The standard InChI is InChI=1S/C4H3F8NO2S/c5-1(6)2(7,8)3(9,10)4(11,12)16(13,14)15/h1H,(H2,13,14,15). The summed E-state index contributed by atoms with van der Waals surface area (Å²) in [5, 5.41) is -2.95. The van der Waals surface area contributed by atoms with Crippen molar-refractivity contribution in [2.24, 2.45) is 5.14 Å². The Morgan fingerprint density at radius 1 is 0.938 bits per heavy atom. The molecule has 0 aromatic heterocycles. The van der Waals surface area contributed by atoms with Crippen molar-refractivity contribution in [2.75, 3.05) is 0 Å². The van der Waals surface area contributed by atoms with Crippen LogP contribution in [0, 0.1) is 0 Å². The molecule has 0 bridgehead atoms. The molecule has 98 valence electrons. The van der Waals surface area contributed by atoms with Gasteiger partial charge in [-0.05, 0) is 0 Å². The van der Waals surface area contributed by atoms with Gasteiger partial charge < -0.3 is 0 Å². The zero-order valence-electron chi connectivity index (χ0n) is 6.90. The quantitative estimate of drug-likeness (QED) is 0.792. The van der Waals surface area contributed by atoms with Crippen molar-refractivity contribution in [1.82, 2.24) is 0 Å². The fraction of sp³-hybridized carbons (Fsp3) is 1.00. The van der Waals surface area contributed by atoms with Gasteiger partial charge in [-0.15, -0.1) is 0 Å². The smallest absolute Gasteiger partial charge is 0.223 e. The minimum Gasteiger partial charge on any atom is -0.223 e. The predicted octanol–water partition coefficient (Wildman–Crippen LogP) is 1.40. The monoisotopic (exact) mass is 281 g/mol. The van der Waals surface area contributed by atoms with Gasteiger partial charge in [-0.3, -0.25) is 0 Å². The van der Waals surface area contributed by atoms with Crippen LogP contribution >= 0.6 is 0 Å².